The van der Waals surface area contributed by atoms with Gasteiger partial charge in [0, 0.05) is 13.0 Å². The number of carbonyl (C=O) groups excluding carboxylic acids is 1. The van der Waals surface area contributed by atoms with E-state index in [1.807, 2.05) is 31.2 Å². The molecule has 28 heavy (non-hydrogen) atoms. The van der Waals surface area contributed by atoms with Gasteiger partial charge in [-0.05, 0) is 29.8 Å². The van der Waals surface area contributed by atoms with Gasteiger partial charge in [-0.3, -0.25) is 4.79 Å². The van der Waals surface area contributed by atoms with E-state index in [0.29, 0.717) is 34.0 Å². The van der Waals surface area contributed by atoms with Crippen LogP contribution in [-0.2, 0) is 13.0 Å². The molecular formula is C19H17ClN6O2. The van der Waals surface area contributed by atoms with Crippen molar-refractivity contribution in [3.63, 3.8) is 0 Å². The van der Waals surface area contributed by atoms with Crippen molar-refractivity contribution in [1.82, 2.24) is 30.0 Å². The average molecular weight is 397 g/mol. The standard InChI is InChI=1S/C19H17ClN6O2/c1-2-16-24-17(25-26(16)15-6-4-3-5-12(15)20)18(27)21-10-11-7-8-13-14(9-11)23-19(28)22-13/h3-9H,2,10H2,1H3,(H,21,27)(H2,22,23,28). The highest BCUT2D eigenvalue weighted by Gasteiger charge is 2.17. The van der Waals surface area contributed by atoms with Crippen LogP contribution in [0.4, 0.5) is 0 Å². The molecule has 142 valence electrons. The van der Waals surface area contributed by atoms with Crippen molar-refractivity contribution in [2.24, 2.45) is 0 Å². The van der Waals surface area contributed by atoms with Gasteiger partial charge in [-0.15, -0.1) is 5.10 Å². The summed E-state index contributed by atoms with van der Waals surface area (Å²) in [7, 11) is 0. The van der Waals surface area contributed by atoms with Crippen molar-refractivity contribution >= 4 is 28.5 Å². The number of benzene rings is 2. The minimum atomic E-state index is -0.386. The van der Waals surface area contributed by atoms with Gasteiger partial charge < -0.3 is 15.3 Å². The molecule has 3 N–H and O–H groups in total. The number of hydrogen-bond acceptors (Lipinski definition) is 4. The quantitative estimate of drug-likeness (QED) is 0.481. The van der Waals surface area contributed by atoms with E-state index >= 15 is 0 Å². The third-order valence-electron chi connectivity index (χ3n) is 4.31. The van der Waals surface area contributed by atoms with Crippen molar-refractivity contribution in [2.75, 3.05) is 0 Å². The van der Waals surface area contributed by atoms with E-state index in [1.165, 1.54) is 0 Å². The summed E-state index contributed by atoms with van der Waals surface area (Å²) in [6, 6.07) is 12.7. The van der Waals surface area contributed by atoms with Crippen LogP contribution < -0.4 is 11.0 Å². The van der Waals surface area contributed by atoms with E-state index in [4.69, 9.17) is 11.6 Å². The zero-order valence-corrected chi connectivity index (χ0v) is 15.7. The molecular weight excluding hydrogens is 380 g/mol. The predicted octanol–water partition coefficient (Wildman–Crippen LogP) is 2.58. The van der Waals surface area contributed by atoms with E-state index < -0.39 is 0 Å². The Morgan fingerprint density at radius 3 is 2.75 bits per heavy atom. The summed E-state index contributed by atoms with van der Waals surface area (Å²) in [4.78, 5) is 33.6. The first-order valence-electron chi connectivity index (χ1n) is 8.75. The third kappa shape index (κ3) is 3.41. The highest BCUT2D eigenvalue weighted by molar-refractivity contribution is 6.32. The van der Waals surface area contributed by atoms with Crippen molar-refractivity contribution in [3.05, 3.63) is 75.2 Å². The van der Waals surface area contributed by atoms with Gasteiger partial charge >= 0.3 is 5.69 Å². The fourth-order valence-corrected chi connectivity index (χ4v) is 3.15. The summed E-state index contributed by atoms with van der Waals surface area (Å²) in [5.41, 5.74) is 2.66. The number of carbonyl (C=O) groups is 1. The van der Waals surface area contributed by atoms with Gasteiger partial charge in [0.1, 0.15) is 5.82 Å². The van der Waals surface area contributed by atoms with Gasteiger partial charge in [0.15, 0.2) is 0 Å². The Morgan fingerprint density at radius 2 is 1.96 bits per heavy atom. The Balaban J connectivity index is 1.54. The number of para-hydroxylation sites is 1. The fraction of sp³-hybridized carbons (Fsp3) is 0.158. The molecule has 0 fully saturated rings. The van der Waals surface area contributed by atoms with Crippen molar-refractivity contribution in [1.29, 1.82) is 0 Å². The predicted molar refractivity (Wildman–Crippen MR) is 106 cm³/mol. The summed E-state index contributed by atoms with van der Waals surface area (Å²) in [5, 5.41) is 7.67. The summed E-state index contributed by atoms with van der Waals surface area (Å²) >= 11 is 6.25. The van der Waals surface area contributed by atoms with Gasteiger partial charge in [0.25, 0.3) is 5.91 Å². The maximum Gasteiger partial charge on any atom is 0.323 e. The Kier molecular flexibility index (Phi) is 4.70. The van der Waals surface area contributed by atoms with Gasteiger partial charge in [-0.2, -0.15) is 0 Å². The Labute approximate surface area is 164 Å². The largest absolute Gasteiger partial charge is 0.345 e. The first-order chi connectivity index (χ1) is 13.5. The summed E-state index contributed by atoms with van der Waals surface area (Å²) in [5.74, 6) is 0.334. The number of nitrogens with one attached hydrogen (secondary N) is 3. The third-order valence-corrected chi connectivity index (χ3v) is 4.63. The van der Waals surface area contributed by atoms with E-state index in [-0.39, 0.29) is 24.0 Å². The molecule has 0 saturated carbocycles. The first-order valence-corrected chi connectivity index (χ1v) is 9.13. The number of aromatic amines is 2. The molecule has 0 saturated heterocycles. The minimum Gasteiger partial charge on any atom is -0.345 e. The molecule has 0 bridgehead atoms. The highest BCUT2D eigenvalue weighted by atomic mass is 35.5. The number of halogens is 1. The molecule has 0 atom stereocenters. The lowest BCUT2D eigenvalue weighted by Crippen LogP contribution is -2.24. The second kappa shape index (κ2) is 7.32. The molecule has 4 rings (SSSR count). The van der Waals surface area contributed by atoms with Crippen molar-refractivity contribution in [3.8, 4) is 5.69 Å². The molecule has 2 aromatic heterocycles. The van der Waals surface area contributed by atoms with Crippen LogP contribution in [0.5, 0.6) is 0 Å². The summed E-state index contributed by atoms with van der Waals surface area (Å²) in [6.45, 7) is 2.22. The van der Waals surface area contributed by atoms with Crippen molar-refractivity contribution in [2.45, 2.75) is 19.9 Å². The number of nitrogens with zero attached hydrogens (tertiary/aromatic N) is 3. The number of rotatable bonds is 5. The second-order valence-electron chi connectivity index (χ2n) is 6.21. The van der Waals surface area contributed by atoms with Gasteiger partial charge in [-0.1, -0.05) is 36.7 Å². The van der Waals surface area contributed by atoms with Crippen LogP contribution in [-0.4, -0.2) is 30.6 Å². The molecule has 2 aromatic carbocycles. The normalized spacial score (nSPS) is 11.1. The maximum absolute atomic E-state index is 12.5. The minimum absolute atomic E-state index is 0.0768. The smallest absolute Gasteiger partial charge is 0.323 e. The molecule has 8 nitrogen and oxygen atoms in total. The molecule has 0 unspecified atom stereocenters. The number of imidazole rings is 1. The Morgan fingerprint density at radius 1 is 1.18 bits per heavy atom. The van der Waals surface area contributed by atoms with Crippen LogP contribution in [0.25, 0.3) is 16.7 Å². The maximum atomic E-state index is 12.5. The van der Waals surface area contributed by atoms with E-state index in [0.717, 1.165) is 5.56 Å². The monoisotopic (exact) mass is 396 g/mol. The van der Waals surface area contributed by atoms with Crippen molar-refractivity contribution < 1.29 is 4.79 Å². The fourth-order valence-electron chi connectivity index (χ4n) is 2.94. The topological polar surface area (TPSA) is 108 Å². The number of aryl methyl sites for hydroxylation is 1. The highest BCUT2D eigenvalue weighted by Crippen LogP contribution is 2.20. The molecule has 2 heterocycles. The van der Waals surface area contributed by atoms with Gasteiger partial charge in [-0.25, -0.2) is 14.5 Å². The number of fused-ring (bicyclic) bond motifs is 1. The molecule has 1 amide bonds. The molecule has 9 heteroatoms. The van der Waals surface area contributed by atoms with Gasteiger partial charge in [0.2, 0.25) is 5.82 Å². The Hall–Kier alpha value is -3.39. The van der Waals surface area contributed by atoms with E-state index in [1.54, 1.807) is 22.9 Å². The molecule has 4 aromatic rings. The Bertz CT molecular complexity index is 1220. The second-order valence-corrected chi connectivity index (χ2v) is 6.62. The van der Waals surface area contributed by atoms with Crippen LogP contribution in [0.3, 0.4) is 0 Å². The number of aromatic nitrogens is 5. The lowest BCUT2D eigenvalue weighted by Gasteiger charge is -2.05. The lowest BCUT2D eigenvalue weighted by atomic mass is 10.2. The lowest BCUT2D eigenvalue weighted by molar-refractivity contribution is 0.0940. The van der Waals surface area contributed by atoms with Crippen LogP contribution in [0.15, 0.2) is 47.3 Å². The number of hydrogen-bond donors (Lipinski definition) is 3. The molecule has 0 spiro atoms. The van der Waals surface area contributed by atoms with Gasteiger partial charge in [0.05, 0.1) is 21.7 Å². The number of H-pyrrole nitrogens is 2. The average Bonchev–Trinajstić information content (AvgIpc) is 3.28. The summed E-state index contributed by atoms with van der Waals surface area (Å²) < 4.78 is 1.59. The first kappa shape index (κ1) is 18.0. The number of amides is 1. The zero-order valence-electron chi connectivity index (χ0n) is 15.0. The molecule has 0 aliphatic carbocycles. The van der Waals surface area contributed by atoms with Crippen LogP contribution in [0.1, 0.15) is 28.9 Å². The van der Waals surface area contributed by atoms with E-state index in [2.05, 4.69) is 25.4 Å². The SMILES string of the molecule is CCc1nc(C(=O)NCc2ccc3[nH]c(=O)[nH]c3c2)nn1-c1ccccc1Cl. The van der Waals surface area contributed by atoms with Crippen LogP contribution in [0, 0.1) is 0 Å². The molecule has 0 aliphatic rings. The van der Waals surface area contributed by atoms with Crippen LogP contribution >= 0.6 is 11.6 Å². The zero-order chi connectivity index (χ0) is 19.7. The molecule has 0 radical (unpaired) electrons. The molecule has 0 aliphatic heterocycles. The summed E-state index contributed by atoms with van der Waals surface area (Å²) in [6.07, 6.45) is 0.600. The van der Waals surface area contributed by atoms with E-state index in [9.17, 15) is 9.59 Å². The van der Waals surface area contributed by atoms with Crippen LogP contribution in [0.2, 0.25) is 5.02 Å².